The molecule has 0 aliphatic carbocycles. The molecule has 1 aromatic rings. The van der Waals surface area contributed by atoms with Crippen LogP contribution in [0, 0.1) is 0 Å². The largest absolute Gasteiger partial charge is 0.394 e. The lowest BCUT2D eigenvalue weighted by Gasteiger charge is -2.26. The molecule has 10 nitrogen and oxygen atoms in total. The number of rotatable bonds is 20. The number of aromatic nitrogens is 2. The molecule has 1 aliphatic rings. The smallest absolute Gasteiger partial charge is 0.330 e. The fraction of sp³-hybridized carbons (Fsp3) is 0.840. The van der Waals surface area contributed by atoms with Crippen LogP contribution in [0.15, 0.2) is 21.9 Å². The van der Waals surface area contributed by atoms with Gasteiger partial charge in [0.15, 0.2) is 6.23 Å². The Kier molecular flexibility index (Phi) is 15.4. The van der Waals surface area contributed by atoms with Crippen LogP contribution in [0.25, 0.3) is 0 Å². The highest BCUT2D eigenvalue weighted by molar-refractivity contribution is 8.06. The van der Waals surface area contributed by atoms with Gasteiger partial charge in [-0.25, -0.2) is 4.79 Å². The molecule has 214 valence electrons. The van der Waals surface area contributed by atoms with Crippen LogP contribution in [-0.4, -0.2) is 56.0 Å². The number of hydrogen-bond acceptors (Lipinski definition) is 7. The van der Waals surface area contributed by atoms with E-state index in [1.807, 2.05) is 0 Å². The number of aromatic amines is 1. The average molecular weight is 565 g/mol. The molecule has 0 unspecified atom stereocenters. The molecular formula is C25H45N2O8PS. The third-order valence-electron chi connectivity index (χ3n) is 6.66. The maximum atomic E-state index is 12.3. The Morgan fingerprint density at radius 2 is 1.49 bits per heavy atom. The lowest BCUT2D eigenvalue weighted by Crippen LogP contribution is -2.40. The van der Waals surface area contributed by atoms with Crippen LogP contribution >= 0.6 is 6.72 Å². The van der Waals surface area contributed by atoms with Gasteiger partial charge in [0.1, 0.15) is 18.3 Å². The number of ether oxygens (including phenoxy) is 2. The van der Waals surface area contributed by atoms with Gasteiger partial charge >= 0.3 is 12.4 Å². The van der Waals surface area contributed by atoms with E-state index in [9.17, 15) is 24.5 Å². The first-order chi connectivity index (χ1) is 17.8. The number of nitrogens with one attached hydrogen (secondary N) is 1. The van der Waals surface area contributed by atoms with E-state index in [1.54, 1.807) is 0 Å². The van der Waals surface area contributed by atoms with Gasteiger partial charge in [0, 0.05) is 18.9 Å². The molecule has 0 amide bonds. The van der Waals surface area contributed by atoms with Gasteiger partial charge in [-0.15, -0.1) is 0 Å². The quantitative estimate of drug-likeness (QED) is 0.137. The monoisotopic (exact) mass is 564 g/mol. The molecule has 1 saturated heterocycles. The van der Waals surface area contributed by atoms with Crippen molar-refractivity contribution in [3.05, 3.63) is 33.1 Å². The minimum Gasteiger partial charge on any atom is -0.394 e. The lowest BCUT2D eigenvalue weighted by molar-refractivity contribution is -0.0745. The zero-order valence-electron chi connectivity index (χ0n) is 22.0. The summed E-state index contributed by atoms with van der Waals surface area (Å²) >= 11 is 4.61. The van der Waals surface area contributed by atoms with E-state index in [1.165, 1.54) is 82.9 Å². The van der Waals surface area contributed by atoms with Crippen LogP contribution in [0.1, 0.15) is 103 Å². The summed E-state index contributed by atoms with van der Waals surface area (Å²) in [5.41, 5.74) is -1.28. The van der Waals surface area contributed by atoms with Crippen molar-refractivity contribution in [1.29, 1.82) is 0 Å². The lowest BCUT2D eigenvalue weighted by atomic mass is 10.0. The zero-order chi connectivity index (χ0) is 27.1. The van der Waals surface area contributed by atoms with E-state index in [0.29, 0.717) is 6.61 Å². The van der Waals surface area contributed by atoms with Gasteiger partial charge in [0.05, 0.1) is 6.61 Å². The number of hydrogen-bond donors (Lipinski definition) is 4. The Balaban J connectivity index is 1.75. The third-order valence-corrected chi connectivity index (χ3v) is 7.43. The van der Waals surface area contributed by atoms with Crippen molar-refractivity contribution in [3.8, 4) is 0 Å². The van der Waals surface area contributed by atoms with Crippen molar-refractivity contribution >= 4 is 18.5 Å². The molecule has 2 heterocycles. The Morgan fingerprint density at radius 1 is 0.946 bits per heavy atom. The molecule has 4 atom stereocenters. The molecular weight excluding hydrogens is 519 g/mol. The van der Waals surface area contributed by atoms with Crippen molar-refractivity contribution in [1.82, 2.24) is 9.55 Å². The standard InChI is InChI=1S/C25H45N2O8PS/c1-2-3-4-5-6-7-8-9-10-11-12-13-14-15-18-33-23-22(35-36(31,32)37)20(19-28)34-24(23)27-17-16-21(29)26-25(27)30/h16-17,20,22-24,28H,2-15,18-19H2,1H3,(H,26,29,30)(H2,31,32,37)/t20-,22-,23-,24-/m1/s1. The molecule has 2 rings (SSSR count). The summed E-state index contributed by atoms with van der Waals surface area (Å²) in [7, 11) is 0. The van der Waals surface area contributed by atoms with Crippen molar-refractivity contribution in [2.75, 3.05) is 13.2 Å². The van der Waals surface area contributed by atoms with Crippen LogP contribution in [0.2, 0.25) is 0 Å². The van der Waals surface area contributed by atoms with Crippen molar-refractivity contribution in [3.63, 3.8) is 0 Å². The summed E-state index contributed by atoms with van der Waals surface area (Å²) in [5.74, 6) is 0. The summed E-state index contributed by atoms with van der Waals surface area (Å²) in [5, 5.41) is 9.74. The molecule has 4 N–H and O–H groups in total. The van der Waals surface area contributed by atoms with Gasteiger partial charge < -0.3 is 24.4 Å². The topological polar surface area (TPSA) is 143 Å². The summed E-state index contributed by atoms with van der Waals surface area (Å²) in [6.07, 6.45) is 14.4. The molecule has 1 aliphatic heterocycles. The summed E-state index contributed by atoms with van der Waals surface area (Å²) in [6, 6.07) is 1.17. The highest BCUT2D eigenvalue weighted by Crippen LogP contribution is 2.44. The number of aliphatic hydroxyl groups is 1. The molecule has 0 aromatic carbocycles. The van der Waals surface area contributed by atoms with Crippen LogP contribution in [0.4, 0.5) is 0 Å². The SMILES string of the molecule is CCCCCCCCCCCCCCCCO[C@@H]1[C@H](OP(O)(O)=S)[C@@H](CO)O[C@H]1n1ccc(=O)[nH]c1=O. The van der Waals surface area contributed by atoms with Crippen molar-refractivity contribution in [2.24, 2.45) is 0 Å². The maximum absolute atomic E-state index is 12.3. The molecule has 0 bridgehead atoms. The zero-order valence-corrected chi connectivity index (χ0v) is 23.7. The first-order valence-corrected chi connectivity index (χ1v) is 16.3. The second kappa shape index (κ2) is 17.6. The van der Waals surface area contributed by atoms with Gasteiger partial charge in [-0.05, 0) is 18.2 Å². The number of nitrogens with zero attached hydrogens (tertiary/aromatic N) is 1. The highest BCUT2D eigenvalue weighted by atomic mass is 32.5. The Hall–Kier alpha value is -0.910. The van der Waals surface area contributed by atoms with E-state index in [0.717, 1.165) is 23.8 Å². The molecule has 0 spiro atoms. The fourth-order valence-corrected chi connectivity index (χ4v) is 5.56. The summed E-state index contributed by atoms with van der Waals surface area (Å²) < 4.78 is 18.1. The maximum Gasteiger partial charge on any atom is 0.330 e. The minimum atomic E-state index is -4.10. The fourth-order valence-electron chi connectivity index (χ4n) is 4.69. The first-order valence-electron chi connectivity index (χ1n) is 13.7. The average Bonchev–Trinajstić information content (AvgIpc) is 3.17. The minimum absolute atomic E-state index is 0.332. The van der Waals surface area contributed by atoms with E-state index in [2.05, 4.69) is 23.7 Å². The number of H-pyrrole nitrogens is 1. The Labute approximate surface area is 224 Å². The predicted octanol–water partition coefficient (Wildman–Crippen LogP) is 3.89. The van der Waals surface area contributed by atoms with Crippen molar-refractivity contribution < 1.29 is 28.9 Å². The van der Waals surface area contributed by atoms with Gasteiger partial charge in [-0.2, -0.15) is 0 Å². The van der Waals surface area contributed by atoms with E-state index >= 15 is 0 Å². The van der Waals surface area contributed by atoms with Gasteiger partial charge in [-0.1, -0.05) is 90.4 Å². The van der Waals surface area contributed by atoms with Crippen LogP contribution < -0.4 is 11.2 Å². The Bertz CT molecular complexity index is 920. The van der Waals surface area contributed by atoms with E-state index in [4.69, 9.17) is 14.0 Å². The number of aliphatic hydroxyl groups excluding tert-OH is 1. The molecule has 1 fully saturated rings. The molecule has 12 heteroatoms. The molecule has 0 saturated carbocycles. The van der Waals surface area contributed by atoms with Gasteiger partial charge in [0.2, 0.25) is 0 Å². The van der Waals surface area contributed by atoms with E-state index in [-0.39, 0.29) is 0 Å². The second-order valence-corrected chi connectivity index (χ2v) is 12.4. The summed E-state index contributed by atoms with van der Waals surface area (Å²) in [4.78, 5) is 45.4. The summed E-state index contributed by atoms with van der Waals surface area (Å²) in [6.45, 7) is -2.03. The van der Waals surface area contributed by atoms with Crippen LogP contribution in [-0.2, 0) is 25.8 Å². The Morgan fingerprint density at radius 3 is 1.97 bits per heavy atom. The van der Waals surface area contributed by atoms with E-state index < -0.39 is 49.1 Å². The van der Waals surface area contributed by atoms with Crippen LogP contribution in [0.5, 0.6) is 0 Å². The second-order valence-electron chi connectivity index (χ2n) is 9.76. The molecule has 0 radical (unpaired) electrons. The van der Waals surface area contributed by atoms with Gasteiger partial charge in [-0.3, -0.25) is 18.9 Å². The highest BCUT2D eigenvalue weighted by Gasteiger charge is 2.49. The predicted molar refractivity (Wildman–Crippen MR) is 146 cm³/mol. The van der Waals surface area contributed by atoms with Crippen LogP contribution in [0.3, 0.4) is 0 Å². The van der Waals surface area contributed by atoms with Crippen molar-refractivity contribution in [2.45, 2.75) is 121 Å². The van der Waals surface area contributed by atoms with Gasteiger partial charge in [0.25, 0.3) is 5.56 Å². The normalized spacial score (nSPS) is 22.1. The first kappa shape index (κ1) is 32.3. The third kappa shape index (κ3) is 12.2. The molecule has 37 heavy (non-hydrogen) atoms. The number of unbranched alkanes of at least 4 members (excludes halogenated alkanes) is 13. The molecule has 1 aromatic heterocycles.